The molecular weight excluding hydrogens is 976 g/mol. The van der Waals surface area contributed by atoms with E-state index in [1.54, 1.807) is 0 Å². The Hall–Kier alpha value is -2.81. The minimum absolute atomic E-state index is 0.0290. The van der Waals surface area contributed by atoms with Gasteiger partial charge in [0.1, 0.15) is 19.3 Å². The second-order valence-corrected chi connectivity index (χ2v) is 23.9. The maximum Gasteiger partial charge on any atom is 0.306 e. The van der Waals surface area contributed by atoms with Crippen LogP contribution in [0.25, 0.3) is 0 Å². The minimum Gasteiger partial charge on any atom is -0.756 e. The van der Waals surface area contributed by atoms with Crippen LogP contribution in [0.5, 0.6) is 0 Å². The van der Waals surface area contributed by atoms with Crippen LogP contribution >= 0.6 is 7.82 Å². The summed E-state index contributed by atoms with van der Waals surface area (Å²) in [6.07, 6.45) is 74.1. The third-order valence-electron chi connectivity index (χ3n) is 13.8. The maximum absolute atomic E-state index is 13.5. The predicted molar refractivity (Wildman–Crippen MR) is 330 cm³/mol. The van der Waals surface area contributed by atoms with Crippen LogP contribution in [-0.4, -0.2) is 69.4 Å². The van der Waals surface area contributed by atoms with Gasteiger partial charge in [-0.1, -0.05) is 247 Å². The molecule has 1 N–H and O–H groups in total. The number of hydrogen-bond donors (Lipinski definition) is 1. The van der Waals surface area contributed by atoms with Crippen LogP contribution in [-0.2, 0) is 27.9 Å². The Balaban J connectivity index is 5.23. The number of allylic oxidation sites excluding steroid dienone is 13. The third kappa shape index (κ3) is 57.7. The standard InChI is InChI=1S/C67H121N2O7P/c1-7-10-13-16-19-22-25-27-29-31-33-34-36-38-40-42-45-48-51-54-57-60-67(71)76-65(58-55-52-49-46-43-24-21-18-15-12-9-3)64(63-75-77(72,73)74-62-61-69(4,5)6)68-66(70)59-56-53-50-47-44-41-39-37-35-32-30-28-26-23-20-17-14-11-8-2/h10,13,19,22,27-30,33-34,38,40,55,58,64-65H,7-9,11-12,14-18,20-21,23-26,31-32,35-37,39,41-54,56-57,59-63H2,1-6H3,(H-,68,70,72,73)/b13-10-,22-19-,29-27-,30-28+,34-33-,40-38-,58-55+. The van der Waals surface area contributed by atoms with Gasteiger partial charge in [-0.2, -0.15) is 0 Å². The number of amides is 1. The molecule has 0 rings (SSSR count). The van der Waals surface area contributed by atoms with E-state index in [4.69, 9.17) is 13.8 Å². The van der Waals surface area contributed by atoms with Crippen molar-refractivity contribution < 1.29 is 37.3 Å². The lowest BCUT2D eigenvalue weighted by Crippen LogP contribution is -2.47. The van der Waals surface area contributed by atoms with E-state index in [0.29, 0.717) is 23.9 Å². The summed E-state index contributed by atoms with van der Waals surface area (Å²) in [6, 6.07) is -0.901. The van der Waals surface area contributed by atoms with E-state index in [1.807, 2.05) is 33.3 Å². The number of likely N-dealkylation sites (N-methyl/N-ethyl adjacent to an activating group) is 1. The van der Waals surface area contributed by atoms with Crippen LogP contribution in [0, 0.1) is 0 Å². The van der Waals surface area contributed by atoms with Crippen molar-refractivity contribution in [2.24, 2.45) is 0 Å². The van der Waals surface area contributed by atoms with Gasteiger partial charge in [-0.3, -0.25) is 14.2 Å². The van der Waals surface area contributed by atoms with Crippen molar-refractivity contribution in [3.8, 4) is 0 Å². The summed E-state index contributed by atoms with van der Waals surface area (Å²) in [6.45, 7) is 6.71. The molecule has 0 radical (unpaired) electrons. The molecule has 446 valence electrons. The Bertz CT molecular complexity index is 1590. The summed E-state index contributed by atoms with van der Waals surface area (Å²) in [5.74, 6) is -0.565. The number of carbonyl (C=O) groups is 2. The first-order chi connectivity index (χ1) is 37.4. The van der Waals surface area contributed by atoms with Crippen molar-refractivity contribution in [2.75, 3.05) is 40.9 Å². The molecule has 0 aliphatic heterocycles. The van der Waals surface area contributed by atoms with Gasteiger partial charge in [-0.15, -0.1) is 0 Å². The number of esters is 1. The van der Waals surface area contributed by atoms with Crippen LogP contribution in [0.1, 0.15) is 278 Å². The van der Waals surface area contributed by atoms with Crippen molar-refractivity contribution in [3.05, 3.63) is 85.1 Å². The molecule has 0 saturated heterocycles. The zero-order valence-electron chi connectivity index (χ0n) is 50.9. The van der Waals surface area contributed by atoms with Crippen LogP contribution < -0.4 is 10.2 Å². The average molecular weight is 1100 g/mol. The number of unbranched alkanes of at least 4 members (excludes halogenated alkanes) is 29. The lowest BCUT2D eigenvalue weighted by atomic mass is 10.0. The van der Waals surface area contributed by atoms with E-state index in [-0.39, 0.29) is 24.9 Å². The van der Waals surface area contributed by atoms with Gasteiger partial charge in [0.15, 0.2) is 0 Å². The number of rotatable bonds is 57. The monoisotopic (exact) mass is 1100 g/mol. The molecule has 3 atom stereocenters. The molecule has 0 aromatic carbocycles. The number of carbonyl (C=O) groups excluding carboxylic acids is 2. The normalized spacial score (nSPS) is 14.2. The van der Waals surface area contributed by atoms with Gasteiger partial charge in [0.25, 0.3) is 7.82 Å². The molecule has 0 saturated carbocycles. The van der Waals surface area contributed by atoms with Gasteiger partial charge < -0.3 is 28.5 Å². The topological polar surface area (TPSA) is 114 Å². The number of phosphoric ester groups is 1. The zero-order valence-corrected chi connectivity index (χ0v) is 51.8. The van der Waals surface area contributed by atoms with E-state index in [9.17, 15) is 19.0 Å². The highest BCUT2D eigenvalue weighted by Gasteiger charge is 2.27. The highest BCUT2D eigenvalue weighted by atomic mass is 31.2. The number of ether oxygens (including phenoxy) is 1. The second-order valence-electron chi connectivity index (χ2n) is 22.5. The van der Waals surface area contributed by atoms with Crippen molar-refractivity contribution >= 4 is 19.7 Å². The fraction of sp³-hybridized carbons (Fsp3) is 0.761. The molecule has 1 amide bonds. The average Bonchev–Trinajstić information content (AvgIpc) is 3.39. The van der Waals surface area contributed by atoms with Gasteiger partial charge in [-0.05, 0) is 102 Å². The molecule has 0 heterocycles. The summed E-state index contributed by atoms with van der Waals surface area (Å²) in [5.41, 5.74) is 0. The Morgan fingerprint density at radius 3 is 1.26 bits per heavy atom. The lowest BCUT2D eigenvalue weighted by Gasteiger charge is -2.30. The summed E-state index contributed by atoms with van der Waals surface area (Å²) in [5, 5.41) is 3.02. The summed E-state index contributed by atoms with van der Waals surface area (Å²) in [4.78, 5) is 40.0. The van der Waals surface area contributed by atoms with E-state index in [1.165, 1.54) is 128 Å². The molecule has 0 spiro atoms. The molecule has 10 heteroatoms. The fourth-order valence-corrected chi connectivity index (χ4v) is 9.62. The first-order valence-corrected chi connectivity index (χ1v) is 33.4. The van der Waals surface area contributed by atoms with E-state index in [0.717, 1.165) is 109 Å². The Morgan fingerprint density at radius 2 is 0.831 bits per heavy atom. The van der Waals surface area contributed by atoms with Crippen molar-refractivity contribution in [1.29, 1.82) is 0 Å². The molecule has 3 unspecified atom stereocenters. The van der Waals surface area contributed by atoms with E-state index in [2.05, 4.69) is 99.0 Å². The van der Waals surface area contributed by atoms with E-state index < -0.39 is 26.6 Å². The van der Waals surface area contributed by atoms with Gasteiger partial charge >= 0.3 is 5.97 Å². The number of quaternary nitrogens is 1. The van der Waals surface area contributed by atoms with Gasteiger partial charge in [0, 0.05) is 12.8 Å². The van der Waals surface area contributed by atoms with E-state index >= 15 is 0 Å². The van der Waals surface area contributed by atoms with Crippen molar-refractivity contribution in [1.82, 2.24) is 5.32 Å². The quantitative estimate of drug-likeness (QED) is 0.0212. The predicted octanol–water partition coefficient (Wildman–Crippen LogP) is 19.1. The second kappa shape index (κ2) is 56.5. The van der Waals surface area contributed by atoms with Crippen LogP contribution in [0.2, 0.25) is 0 Å². The Morgan fingerprint density at radius 1 is 0.468 bits per heavy atom. The molecular formula is C67H121N2O7P. The highest BCUT2D eigenvalue weighted by molar-refractivity contribution is 7.45. The molecule has 0 aliphatic carbocycles. The molecule has 0 aromatic rings. The van der Waals surface area contributed by atoms with Crippen LogP contribution in [0.4, 0.5) is 0 Å². The molecule has 0 aliphatic rings. The molecule has 0 fully saturated rings. The molecule has 77 heavy (non-hydrogen) atoms. The summed E-state index contributed by atoms with van der Waals surface area (Å²) < 4.78 is 30.3. The zero-order chi connectivity index (χ0) is 56.4. The molecule has 9 nitrogen and oxygen atoms in total. The first kappa shape index (κ1) is 74.2. The van der Waals surface area contributed by atoms with Gasteiger partial charge in [0.05, 0.1) is 33.8 Å². The highest BCUT2D eigenvalue weighted by Crippen LogP contribution is 2.38. The molecule has 0 bridgehead atoms. The summed E-state index contributed by atoms with van der Waals surface area (Å²) >= 11 is 0. The number of nitrogens with zero attached hydrogens (tertiary/aromatic N) is 1. The lowest BCUT2D eigenvalue weighted by molar-refractivity contribution is -0.870. The Kier molecular flexibility index (Phi) is 54.4. The smallest absolute Gasteiger partial charge is 0.306 e. The van der Waals surface area contributed by atoms with Crippen LogP contribution in [0.3, 0.4) is 0 Å². The summed E-state index contributed by atoms with van der Waals surface area (Å²) in [7, 11) is 1.17. The van der Waals surface area contributed by atoms with Crippen molar-refractivity contribution in [3.63, 3.8) is 0 Å². The largest absolute Gasteiger partial charge is 0.756 e. The SMILES string of the molecule is CC/C=C\C/C=C\C/C=C\C/C=C\C/C=C\CCCCCCCC(=O)OC(/C=C/CCCCCCCCCCC)C(COP(=O)([O-])OCC[N+](C)(C)C)NC(=O)CCCCCCCCCCC/C=C/CCCCCCCC. The van der Waals surface area contributed by atoms with Gasteiger partial charge in [-0.25, -0.2) is 0 Å². The van der Waals surface area contributed by atoms with Crippen LogP contribution in [0.15, 0.2) is 85.1 Å². The number of hydrogen-bond acceptors (Lipinski definition) is 7. The first-order valence-electron chi connectivity index (χ1n) is 31.9. The number of nitrogens with one attached hydrogen (secondary N) is 1. The maximum atomic E-state index is 13.5. The fourth-order valence-electron chi connectivity index (χ4n) is 8.90. The Labute approximate surface area is 476 Å². The minimum atomic E-state index is -4.71. The van der Waals surface area contributed by atoms with Gasteiger partial charge in [0.2, 0.25) is 5.91 Å². The van der Waals surface area contributed by atoms with Crippen molar-refractivity contribution in [2.45, 2.75) is 290 Å². The molecule has 0 aromatic heterocycles. The number of phosphoric acid groups is 1. The third-order valence-corrected chi connectivity index (χ3v) is 14.8.